The smallest absolute Gasteiger partial charge is 0.202 e. The van der Waals surface area contributed by atoms with Crippen LogP contribution in [-0.4, -0.2) is 30.6 Å². The van der Waals surface area contributed by atoms with Crippen LogP contribution in [0.5, 0.6) is 0 Å². The van der Waals surface area contributed by atoms with Gasteiger partial charge in [-0.1, -0.05) is 13.8 Å². The van der Waals surface area contributed by atoms with Crippen LogP contribution in [-0.2, 0) is 9.09 Å². The number of hydrogen-bond acceptors (Lipinski definition) is 3. The molecule has 0 saturated carbocycles. The molecule has 2 unspecified atom stereocenters. The highest BCUT2D eigenvalue weighted by atomic mass is 31.2. The minimum Gasteiger partial charge on any atom is -0.393 e. The van der Waals surface area contributed by atoms with Crippen LogP contribution < -0.4 is 0 Å². The molecular formula is C8H19O3P. The lowest BCUT2D eigenvalue weighted by Gasteiger charge is -2.16. The van der Waals surface area contributed by atoms with Gasteiger partial charge in [0.05, 0.1) is 18.9 Å². The number of rotatable bonds is 5. The molecule has 74 valence electrons. The zero-order chi connectivity index (χ0) is 9.78. The molecule has 0 aromatic rings. The first-order valence-corrected chi connectivity index (χ1v) is 6.48. The van der Waals surface area contributed by atoms with E-state index in [1.807, 2.05) is 13.8 Å². The second kappa shape index (κ2) is 5.00. The first kappa shape index (κ1) is 12.2. The Bertz CT molecular complexity index is 166. The summed E-state index contributed by atoms with van der Waals surface area (Å²) in [5, 5.41) is 9.00. The topological polar surface area (TPSA) is 46.5 Å². The van der Waals surface area contributed by atoms with Crippen molar-refractivity contribution in [1.29, 1.82) is 0 Å². The Morgan fingerprint density at radius 1 is 1.42 bits per heavy atom. The molecule has 0 aliphatic rings. The lowest BCUT2D eigenvalue weighted by molar-refractivity contribution is 0.206. The van der Waals surface area contributed by atoms with Crippen LogP contribution in [0.4, 0.5) is 0 Å². The molecule has 4 heteroatoms. The van der Waals surface area contributed by atoms with Crippen molar-refractivity contribution in [3.63, 3.8) is 0 Å². The predicted molar refractivity (Wildman–Crippen MR) is 50.9 cm³/mol. The van der Waals surface area contributed by atoms with Crippen molar-refractivity contribution in [2.45, 2.75) is 26.9 Å². The summed E-state index contributed by atoms with van der Waals surface area (Å²) in [6.45, 7) is 7.70. The lowest BCUT2D eigenvalue weighted by atomic mass is 10.2. The monoisotopic (exact) mass is 194 g/mol. The summed E-state index contributed by atoms with van der Waals surface area (Å²) in [5.74, 6) is 0.382. The van der Waals surface area contributed by atoms with Crippen molar-refractivity contribution in [1.82, 2.24) is 0 Å². The fourth-order valence-corrected chi connectivity index (χ4v) is 2.52. The molecule has 12 heavy (non-hydrogen) atoms. The molecule has 0 aliphatic heterocycles. The molecule has 0 spiro atoms. The Labute approximate surface area is 74.6 Å². The van der Waals surface area contributed by atoms with Gasteiger partial charge in [0.15, 0.2) is 0 Å². The molecule has 0 aromatic heterocycles. The standard InChI is InChI=1S/C8H19O3P/c1-7(2)5-11-12(4,10)6-8(3)9/h7-9H,5-6H2,1-4H3. The van der Waals surface area contributed by atoms with Gasteiger partial charge in [0.25, 0.3) is 0 Å². The average molecular weight is 194 g/mol. The average Bonchev–Trinajstić information content (AvgIpc) is 1.81. The highest BCUT2D eigenvalue weighted by Crippen LogP contribution is 2.43. The van der Waals surface area contributed by atoms with Gasteiger partial charge in [0, 0.05) is 6.66 Å². The van der Waals surface area contributed by atoms with Crippen molar-refractivity contribution >= 4 is 7.37 Å². The van der Waals surface area contributed by atoms with Crippen molar-refractivity contribution in [3.05, 3.63) is 0 Å². The van der Waals surface area contributed by atoms with Gasteiger partial charge in [0.1, 0.15) is 0 Å². The van der Waals surface area contributed by atoms with E-state index < -0.39 is 13.5 Å². The summed E-state index contributed by atoms with van der Waals surface area (Å²) >= 11 is 0. The second-order valence-electron chi connectivity index (χ2n) is 3.74. The molecule has 0 heterocycles. The summed E-state index contributed by atoms with van der Waals surface area (Å²) in [4.78, 5) is 0. The first-order chi connectivity index (χ1) is 5.33. The van der Waals surface area contributed by atoms with Gasteiger partial charge >= 0.3 is 0 Å². The van der Waals surface area contributed by atoms with Crippen LogP contribution in [0.3, 0.4) is 0 Å². The van der Waals surface area contributed by atoms with Crippen LogP contribution in [0, 0.1) is 5.92 Å². The maximum Gasteiger partial charge on any atom is 0.202 e. The van der Waals surface area contributed by atoms with Crippen LogP contribution in [0.1, 0.15) is 20.8 Å². The summed E-state index contributed by atoms with van der Waals surface area (Å²) in [6.07, 6.45) is -0.298. The quantitative estimate of drug-likeness (QED) is 0.680. The second-order valence-corrected chi connectivity index (χ2v) is 6.39. The first-order valence-electron chi connectivity index (χ1n) is 4.22. The highest BCUT2D eigenvalue weighted by molar-refractivity contribution is 7.58. The van der Waals surface area contributed by atoms with E-state index >= 15 is 0 Å². The van der Waals surface area contributed by atoms with Gasteiger partial charge in [-0.2, -0.15) is 0 Å². The third kappa shape index (κ3) is 6.84. The van der Waals surface area contributed by atoms with Crippen molar-refractivity contribution in [2.75, 3.05) is 19.4 Å². The molecule has 0 saturated heterocycles. The summed E-state index contributed by atoms with van der Waals surface area (Å²) in [7, 11) is -2.55. The largest absolute Gasteiger partial charge is 0.393 e. The van der Waals surface area contributed by atoms with E-state index in [1.54, 1.807) is 13.6 Å². The van der Waals surface area contributed by atoms with Crippen LogP contribution in [0.15, 0.2) is 0 Å². The van der Waals surface area contributed by atoms with Gasteiger partial charge in [-0.25, -0.2) is 0 Å². The predicted octanol–water partition coefficient (Wildman–Crippen LogP) is 1.95. The van der Waals surface area contributed by atoms with E-state index in [9.17, 15) is 4.57 Å². The van der Waals surface area contributed by atoms with Crippen LogP contribution in [0.25, 0.3) is 0 Å². The fourth-order valence-electron chi connectivity index (χ4n) is 0.839. The summed E-state index contributed by atoms with van der Waals surface area (Å²) in [6, 6.07) is 0. The minimum atomic E-state index is -2.55. The fraction of sp³-hybridized carbons (Fsp3) is 1.00. The van der Waals surface area contributed by atoms with Gasteiger partial charge in [0.2, 0.25) is 7.37 Å². The van der Waals surface area contributed by atoms with Crippen LogP contribution in [0.2, 0.25) is 0 Å². The van der Waals surface area contributed by atoms with Gasteiger partial charge in [-0.05, 0) is 12.8 Å². The number of hydrogen-bond donors (Lipinski definition) is 1. The Morgan fingerprint density at radius 3 is 2.25 bits per heavy atom. The molecule has 0 fully saturated rings. The molecule has 0 bridgehead atoms. The Morgan fingerprint density at radius 2 is 1.92 bits per heavy atom. The molecule has 2 atom stereocenters. The van der Waals surface area contributed by atoms with E-state index in [-0.39, 0.29) is 6.16 Å². The third-order valence-electron chi connectivity index (χ3n) is 1.28. The normalized spacial score (nSPS) is 19.2. The third-order valence-corrected chi connectivity index (χ3v) is 3.16. The summed E-state index contributed by atoms with van der Waals surface area (Å²) < 4.78 is 16.7. The zero-order valence-electron chi connectivity index (χ0n) is 8.28. The highest BCUT2D eigenvalue weighted by Gasteiger charge is 2.18. The Balaban J connectivity index is 3.80. The van der Waals surface area contributed by atoms with Gasteiger partial charge in [-0.15, -0.1) is 0 Å². The lowest BCUT2D eigenvalue weighted by Crippen LogP contribution is -2.10. The zero-order valence-corrected chi connectivity index (χ0v) is 9.17. The van der Waals surface area contributed by atoms with E-state index in [0.717, 1.165) is 0 Å². The number of aliphatic hydroxyl groups excluding tert-OH is 1. The Kier molecular flexibility index (Phi) is 5.07. The molecule has 1 N–H and O–H groups in total. The van der Waals surface area contributed by atoms with Crippen LogP contribution >= 0.6 is 7.37 Å². The van der Waals surface area contributed by atoms with Crippen molar-refractivity contribution in [3.8, 4) is 0 Å². The number of aliphatic hydroxyl groups is 1. The SMILES string of the molecule is CC(C)COP(C)(=O)CC(C)O. The maximum absolute atomic E-state index is 11.5. The molecule has 0 radical (unpaired) electrons. The summed E-state index contributed by atoms with van der Waals surface area (Å²) in [5.41, 5.74) is 0. The molecule has 0 aliphatic carbocycles. The van der Waals surface area contributed by atoms with E-state index in [2.05, 4.69) is 0 Å². The van der Waals surface area contributed by atoms with Crippen molar-refractivity contribution in [2.24, 2.45) is 5.92 Å². The maximum atomic E-state index is 11.5. The molecule has 0 amide bonds. The molecule has 0 aromatic carbocycles. The molecule has 0 rings (SSSR count). The van der Waals surface area contributed by atoms with Crippen molar-refractivity contribution < 1.29 is 14.2 Å². The molecular weight excluding hydrogens is 175 g/mol. The van der Waals surface area contributed by atoms with E-state index in [4.69, 9.17) is 9.63 Å². The minimum absolute atomic E-state index is 0.250. The van der Waals surface area contributed by atoms with Gasteiger partial charge in [-0.3, -0.25) is 4.57 Å². The van der Waals surface area contributed by atoms with Gasteiger partial charge < -0.3 is 9.63 Å². The van der Waals surface area contributed by atoms with E-state index in [1.165, 1.54) is 0 Å². The van der Waals surface area contributed by atoms with E-state index in [0.29, 0.717) is 12.5 Å². The Hall–Kier alpha value is 0.150. The molecule has 3 nitrogen and oxygen atoms in total.